The van der Waals surface area contributed by atoms with Crippen molar-refractivity contribution >= 4 is 13.5 Å². The van der Waals surface area contributed by atoms with E-state index in [0.29, 0.717) is 14.8 Å². The van der Waals surface area contributed by atoms with E-state index in [4.69, 9.17) is 5.11 Å². The van der Waals surface area contributed by atoms with E-state index in [1.807, 2.05) is 0 Å². The zero-order valence-corrected chi connectivity index (χ0v) is 5.49. The molecule has 0 aliphatic rings. The lowest BCUT2D eigenvalue weighted by atomic mass is 9.86. The lowest BCUT2D eigenvalue weighted by molar-refractivity contribution is -0.240. The molecule has 1 N–H and O–H groups in total. The lowest BCUT2D eigenvalue weighted by Gasteiger charge is -2.22. The molecule has 0 aliphatic heterocycles. The molecular formula is C4H6BF3O2. The summed E-state index contributed by atoms with van der Waals surface area (Å²) in [6.07, 6.45) is -4.88. The Kier molecular flexibility index (Phi) is 2.15. The third kappa shape index (κ3) is 1.50. The average Bonchev–Trinajstić information content (AvgIpc) is 1.62. The molecule has 0 saturated carbocycles. The number of rotatable bonds is 1. The van der Waals surface area contributed by atoms with Crippen molar-refractivity contribution in [3.63, 3.8) is 0 Å². The van der Waals surface area contributed by atoms with Crippen molar-refractivity contribution in [2.75, 3.05) is 0 Å². The molecule has 1 unspecified atom stereocenters. The number of aliphatic hydroxyl groups is 1. The molecule has 0 bridgehead atoms. The summed E-state index contributed by atoms with van der Waals surface area (Å²) in [5.74, 6) is 0. The highest BCUT2D eigenvalue weighted by molar-refractivity contribution is 6.59. The molecule has 0 amide bonds. The van der Waals surface area contributed by atoms with Gasteiger partial charge in [-0.25, -0.2) is 0 Å². The van der Waals surface area contributed by atoms with E-state index >= 15 is 0 Å². The van der Waals surface area contributed by atoms with E-state index in [0.717, 1.165) is 0 Å². The molecule has 0 spiro atoms. The van der Waals surface area contributed by atoms with Crippen LogP contribution in [-0.2, 0) is 4.79 Å². The van der Waals surface area contributed by atoms with Gasteiger partial charge in [-0.2, -0.15) is 13.2 Å². The Morgan fingerprint density at radius 2 is 1.80 bits per heavy atom. The Bertz CT molecular complexity index is 151. The quantitative estimate of drug-likeness (QED) is 0.515. The van der Waals surface area contributed by atoms with Gasteiger partial charge in [-0.3, -0.25) is 0 Å². The Hall–Kier alpha value is -0.515. The van der Waals surface area contributed by atoms with Gasteiger partial charge in [0.25, 0.3) is 0 Å². The molecule has 0 rings (SSSR count). The van der Waals surface area contributed by atoms with Crippen molar-refractivity contribution in [1.82, 2.24) is 0 Å². The third-order valence-electron chi connectivity index (χ3n) is 1.24. The third-order valence-corrected chi connectivity index (χ3v) is 1.24. The first-order chi connectivity index (χ1) is 4.19. The highest BCUT2D eigenvalue weighted by atomic mass is 19.4. The van der Waals surface area contributed by atoms with Gasteiger partial charge in [0.1, 0.15) is 5.68 Å². The molecule has 0 radical (unpaired) electrons. The monoisotopic (exact) mass is 154 g/mol. The summed E-state index contributed by atoms with van der Waals surface area (Å²) in [7, 11) is 0.688. The predicted molar refractivity (Wildman–Crippen MR) is 30.2 cm³/mol. The number of hydrogen-bond acceptors (Lipinski definition) is 2. The first kappa shape index (κ1) is 9.48. The molecule has 0 aromatic heterocycles. The summed E-state index contributed by atoms with van der Waals surface area (Å²) in [6.45, 7) is 0.426. The molecule has 0 aromatic rings. The first-order valence-electron chi connectivity index (χ1n) is 2.49. The normalized spacial score (nSPS) is 18.1. The smallest absolute Gasteiger partial charge is 0.375 e. The van der Waals surface area contributed by atoms with Crippen LogP contribution in [0.1, 0.15) is 6.92 Å². The SMILES string of the molecule is BC(=O)C(C)(O)C(F)(F)F. The topological polar surface area (TPSA) is 37.3 Å². The van der Waals surface area contributed by atoms with E-state index < -0.39 is 17.5 Å². The van der Waals surface area contributed by atoms with Crippen molar-refractivity contribution in [1.29, 1.82) is 0 Å². The zero-order chi connectivity index (χ0) is 8.58. The van der Waals surface area contributed by atoms with E-state index in [2.05, 4.69) is 0 Å². The van der Waals surface area contributed by atoms with Crippen molar-refractivity contribution in [3.05, 3.63) is 0 Å². The van der Waals surface area contributed by atoms with Crippen LogP contribution in [-0.4, -0.2) is 30.4 Å². The van der Waals surface area contributed by atoms with E-state index in [1.165, 1.54) is 0 Å². The van der Waals surface area contributed by atoms with Crippen LogP contribution >= 0.6 is 0 Å². The molecule has 2 nitrogen and oxygen atoms in total. The van der Waals surface area contributed by atoms with Gasteiger partial charge in [0.2, 0.25) is 5.60 Å². The minimum absolute atomic E-state index is 0.426. The molecular weight excluding hydrogens is 148 g/mol. The highest BCUT2D eigenvalue weighted by Gasteiger charge is 2.52. The van der Waals surface area contributed by atoms with Gasteiger partial charge in [-0.05, 0) is 6.92 Å². The summed E-state index contributed by atoms with van der Waals surface area (Å²) in [4.78, 5) is 10.1. The Labute approximate surface area is 56.4 Å². The van der Waals surface area contributed by atoms with Crippen LogP contribution in [0, 0.1) is 0 Å². The zero-order valence-electron chi connectivity index (χ0n) is 5.49. The number of carbonyl (C=O) groups excluding carboxylic acids is 1. The van der Waals surface area contributed by atoms with Gasteiger partial charge < -0.3 is 9.90 Å². The second-order valence-corrected chi connectivity index (χ2v) is 2.13. The Morgan fingerprint density at radius 1 is 1.50 bits per heavy atom. The van der Waals surface area contributed by atoms with E-state index in [-0.39, 0.29) is 0 Å². The summed E-state index contributed by atoms with van der Waals surface area (Å²) in [5, 5.41) is 8.45. The van der Waals surface area contributed by atoms with Crippen molar-refractivity contribution < 1.29 is 23.1 Å². The lowest BCUT2D eigenvalue weighted by Crippen LogP contribution is -2.49. The van der Waals surface area contributed by atoms with Crippen LogP contribution in [0.15, 0.2) is 0 Å². The molecule has 58 valence electrons. The minimum atomic E-state index is -4.88. The second kappa shape index (κ2) is 2.27. The van der Waals surface area contributed by atoms with E-state index in [9.17, 15) is 18.0 Å². The molecule has 0 heterocycles. The number of alkyl halides is 3. The molecule has 0 fully saturated rings. The first-order valence-corrected chi connectivity index (χ1v) is 2.49. The second-order valence-electron chi connectivity index (χ2n) is 2.13. The number of halogens is 3. The van der Waals surface area contributed by atoms with Gasteiger partial charge in [0.15, 0.2) is 7.85 Å². The maximum absolute atomic E-state index is 11.6. The molecule has 0 aromatic carbocycles. The standard InChI is InChI=1S/C4H6BF3O2/c1-3(10,2(5)9)4(6,7)8/h10H,5H2,1H3. The molecule has 6 heteroatoms. The van der Waals surface area contributed by atoms with Gasteiger partial charge in [-0.15, -0.1) is 0 Å². The van der Waals surface area contributed by atoms with Crippen molar-refractivity contribution in [2.45, 2.75) is 18.7 Å². The fourth-order valence-electron chi connectivity index (χ4n) is 0.200. The Morgan fingerprint density at radius 3 is 1.80 bits per heavy atom. The van der Waals surface area contributed by atoms with Crippen LogP contribution in [0.3, 0.4) is 0 Å². The maximum Gasteiger partial charge on any atom is 0.423 e. The van der Waals surface area contributed by atoms with E-state index in [1.54, 1.807) is 0 Å². The van der Waals surface area contributed by atoms with Crippen LogP contribution in [0.2, 0.25) is 0 Å². The summed E-state index contributed by atoms with van der Waals surface area (Å²) in [5.41, 5.74) is -4.51. The molecule has 0 aliphatic carbocycles. The van der Waals surface area contributed by atoms with Crippen LogP contribution in [0.5, 0.6) is 0 Å². The fraction of sp³-hybridized carbons (Fsp3) is 0.750. The van der Waals surface area contributed by atoms with Gasteiger partial charge >= 0.3 is 6.18 Å². The van der Waals surface area contributed by atoms with Crippen LogP contribution < -0.4 is 0 Å². The summed E-state index contributed by atoms with van der Waals surface area (Å²) in [6, 6.07) is 0. The minimum Gasteiger partial charge on any atom is -0.375 e. The van der Waals surface area contributed by atoms with Gasteiger partial charge in [0, 0.05) is 0 Å². The predicted octanol–water partition coefficient (Wildman–Crippen LogP) is -0.541. The maximum atomic E-state index is 11.6. The van der Waals surface area contributed by atoms with Crippen LogP contribution in [0.4, 0.5) is 13.2 Å². The summed E-state index contributed by atoms with van der Waals surface area (Å²) < 4.78 is 34.8. The van der Waals surface area contributed by atoms with Gasteiger partial charge in [0.05, 0.1) is 0 Å². The largest absolute Gasteiger partial charge is 0.423 e. The van der Waals surface area contributed by atoms with Crippen molar-refractivity contribution in [2.24, 2.45) is 0 Å². The molecule has 0 saturated heterocycles. The van der Waals surface area contributed by atoms with Crippen molar-refractivity contribution in [3.8, 4) is 0 Å². The number of carbonyl (C=O) groups is 1. The molecule has 1 atom stereocenters. The average molecular weight is 154 g/mol. The summed E-state index contributed by atoms with van der Waals surface area (Å²) >= 11 is 0. The van der Waals surface area contributed by atoms with Crippen LogP contribution in [0.25, 0.3) is 0 Å². The highest BCUT2D eigenvalue weighted by Crippen LogP contribution is 2.29. The number of hydrogen-bond donors (Lipinski definition) is 1. The fourth-order valence-corrected chi connectivity index (χ4v) is 0.200. The molecule has 10 heavy (non-hydrogen) atoms. The Balaban J connectivity index is 4.57. The van der Waals surface area contributed by atoms with Gasteiger partial charge in [-0.1, -0.05) is 0 Å².